The maximum Gasteiger partial charge on any atom is 0.118 e. The summed E-state index contributed by atoms with van der Waals surface area (Å²) in [7, 11) is 3.39. The second-order valence-electron chi connectivity index (χ2n) is 14.1. The molecule has 0 heterocycles. The lowest BCUT2D eigenvalue weighted by atomic mass is 9.95. The van der Waals surface area contributed by atoms with Gasteiger partial charge in [0.2, 0.25) is 0 Å². The fraction of sp³-hybridized carbons (Fsp3) is 0.0357. The molecule has 0 atom stereocenters. The van der Waals surface area contributed by atoms with Crippen LogP contribution in [0.3, 0.4) is 0 Å². The first kappa shape index (κ1) is 37.5. The van der Waals surface area contributed by atoms with Crippen LogP contribution in [0.4, 0.5) is 0 Å². The molecule has 2 nitrogen and oxygen atoms in total. The quantitative estimate of drug-likeness (QED) is 0.116. The van der Waals surface area contributed by atoms with E-state index in [1.165, 1.54) is 21.9 Å². The Morgan fingerprint density at radius 3 is 1.02 bits per heavy atom. The molecule has 280 valence electrons. The first-order chi connectivity index (χ1) is 28.6. The molecular weight excluding hydrogens is 705 g/mol. The van der Waals surface area contributed by atoms with Crippen LogP contribution in [-0.2, 0) is 0 Å². The maximum atomic E-state index is 5.41. The second-order valence-corrected chi connectivity index (χ2v) is 14.1. The first-order valence-electron chi connectivity index (χ1n) is 19.5. The van der Waals surface area contributed by atoms with E-state index in [1.807, 2.05) is 24.3 Å². The molecule has 0 radical (unpaired) electrons. The van der Waals surface area contributed by atoms with E-state index in [-0.39, 0.29) is 0 Å². The van der Waals surface area contributed by atoms with Gasteiger partial charge in [-0.25, -0.2) is 0 Å². The number of hydrogen-bond acceptors (Lipinski definition) is 2. The number of fused-ring (bicyclic) bond motifs is 1. The predicted molar refractivity (Wildman–Crippen MR) is 248 cm³/mol. The molecule has 0 fully saturated rings. The zero-order valence-electron chi connectivity index (χ0n) is 32.8. The highest BCUT2D eigenvalue weighted by Crippen LogP contribution is 2.30. The number of hydrogen-bond donors (Lipinski definition) is 0. The number of rotatable bonds is 12. The molecule has 0 unspecified atom stereocenters. The van der Waals surface area contributed by atoms with Gasteiger partial charge in [0.1, 0.15) is 11.5 Å². The van der Waals surface area contributed by atoms with Crippen LogP contribution in [-0.4, -0.2) is 14.2 Å². The Morgan fingerprint density at radius 2 is 0.655 bits per heavy atom. The minimum atomic E-state index is 0.846. The van der Waals surface area contributed by atoms with E-state index in [4.69, 9.17) is 9.47 Å². The maximum absolute atomic E-state index is 5.41. The van der Waals surface area contributed by atoms with Gasteiger partial charge in [-0.3, -0.25) is 0 Å². The zero-order valence-corrected chi connectivity index (χ0v) is 32.8. The fourth-order valence-corrected chi connectivity index (χ4v) is 7.12. The zero-order chi connectivity index (χ0) is 39.5. The molecule has 0 spiro atoms. The molecule has 58 heavy (non-hydrogen) atoms. The summed E-state index contributed by atoms with van der Waals surface area (Å²) in [6.45, 7) is 0. The lowest BCUT2D eigenvalue weighted by Crippen LogP contribution is -1.89. The molecule has 0 aliphatic carbocycles. The van der Waals surface area contributed by atoms with E-state index in [0.717, 1.165) is 67.2 Å². The summed E-state index contributed by atoms with van der Waals surface area (Å²) in [6, 6.07) is 68.1. The molecule has 0 aliphatic rings. The molecule has 0 aliphatic heterocycles. The summed E-state index contributed by atoms with van der Waals surface area (Å²) in [4.78, 5) is 0. The third kappa shape index (κ3) is 9.16. The smallest absolute Gasteiger partial charge is 0.118 e. The van der Waals surface area contributed by atoms with Crippen molar-refractivity contribution in [1.29, 1.82) is 0 Å². The highest BCUT2D eigenvalue weighted by Gasteiger charge is 2.08. The Hall–Kier alpha value is -7.42. The summed E-state index contributed by atoms with van der Waals surface area (Å²) in [5.74, 6) is 1.69. The molecule has 0 amide bonds. The molecular formula is C56H44O2. The van der Waals surface area contributed by atoms with E-state index in [9.17, 15) is 0 Å². The van der Waals surface area contributed by atoms with Gasteiger partial charge in [-0.05, 0) is 126 Å². The second kappa shape index (κ2) is 18.0. The SMILES string of the molecule is COc1ccc(/C(=C\c2ccc(/C=C\c3cc4ccccc4cc3/C=C\c3ccc(/C=C(/c4ccccc4)c4ccc(OC)cc4)cc3)cc2)c2ccccc2)cc1. The van der Waals surface area contributed by atoms with Crippen molar-refractivity contribution in [2.75, 3.05) is 14.2 Å². The van der Waals surface area contributed by atoms with Crippen molar-refractivity contribution in [2.24, 2.45) is 0 Å². The topological polar surface area (TPSA) is 18.5 Å². The standard InChI is InChI=1S/C56H44O2/c1-57-53-33-29-47(30-34-53)55(45-11-5-3-6-12-45)37-43-21-17-41(18-22-43)25-27-51-39-49-15-9-10-16-50(49)40-52(51)28-26-42-19-23-44(24-20-42)38-56(46-13-7-4-8-14-46)48-31-35-54(58-2)36-32-48/h3-40H,1-2H3/b27-25-,28-26-,55-37-,56-38-. The lowest BCUT2D eigenvalue weighted by Gasteiger charge is -2.10. The van der Waals surface area contributed by atoms with Crippen molar-refractivity contribution in [3.63, 3.8) is 0 Å². The van der Waals surface area contributed by atoms with Gasteiger partial charge in [0.25, 0.3) is 0 Å². The van der Waals surface area contributed by atoms with E-state index in [1.54, 1.807) is 14.2 Å². The predicted octanol–water partition coefficient (Wildman–Crippen LogP) is 14.4. The van der Waals surface area contributed by atoms with E-state index >= 15 is 0 Å². The van der Waals surface area contributed by atoms with Crippen molar-refractivity contribution in [2.45, 2.75) is 0 Å². The highest BCUT2D eigenvalue weighted by atomic mass is 16.5. The molecule has 0 saturated carbocycles. The Bertz CT molecular complexity index is 2530. The third-order valence-corrected chi connectivity index (χ3v) is 10.3. The van der Waals surface area contributed by atoms with Crippen LogP contribution in [0.25, 0.3) is 58.4 Å². The normalized spacial score (nSPS) is 12.0. The fourth-order valence-electron chi connectivity index (χ4n) is 7.12. The highest BCUT2D eigenvalue weighted by molar-refractivity contribution is 5.94. The molecule has 8 aromatic rings. The Balaban J connectivity index is 1.05. The van der Waals surface area contributed by atoms with Crippen LogP contribution >= 0.6 is 0 Å². The van der Waals surface area contributed by atoms with Gasteiger partial charge in [-0.2, -0.15) is 0 Å². The summed E-state index contributed by atoms with van der Waals surface area (Å²) < 4.78 is 10.8. The van der Waals surface area contributed by atoms with Gasteiger partial charge >= 0.3 is 0 Å². The average Bonchev–Trinajstić information content (AvgIpc) is 3.30. The first-order valence-corrected chi connectivity index (χ1v) is 19.5. The lowest BCUT2D eigenvalue weighted by molar-refractivity contribution is 0.414. The molecule has 2 heteroatoms. The molecule has 0 bridgehead atoms. The van der Waals surface area contributed by atoms with Gasteiger partial charge in [-0.1, -0.05) is 182 Å². The molecule has 0 aromatic heterocycles. The van der Waals surface area contributed by atoms with Crippen LogP contribution in [0.5, 0.6) is 11.5 Å². The summed E-state index contributed by atoms with van der Waals surface area (Å²) >= 11 is 0. The minimum absolute atomic E-state index is 0.846. The summed E-state index contributed by atoms with van der Waals surface area (Å²) in [5, 5.41) is 2.43. The van der Waals surface area contributed by atoms with Crippen LogP contribution in [0.1, 0.15) is 55.6 Å². The Kier molecular flexibility index (Phi) is 11.7. The summed E-state index contributed by atoms with van der Waals surface area (Å²) in [6.07, 6.45) is 13.4. The monoisotopic (exact) mass is 748 g/mol. The molecule has 0 saturated heterocycles. The largest absolute Gasteiger partial charge is 0.497 e. The number of methoxy groups -OCH3 is 2. The average molecular weight is 749 g/mol. The van der Waals surface area contributed by atoms with Gasteiger partial charge < -0.3 is 9.47 Å². The van der Waals surface area contributed by atoms with E-state index in [2.05, 4.69) is 206 Å². The van der Waals surface area contributed by atoms with Crippen LogP contribution in [0, 0.1) is 0 Å². The van der Waals surface area contributed by atoms with Crippen LogP contribution < -0.4 is 9.47 Å². The molecule has 0 N–H and O–H groups in total. The van der Waals surface area contributed by atoms with Crippen molar-refractivity contribution in [1.82, 2.24) is 0 Å². The Morgan fingerprint density at radius 1 is 0.328 bits per heavy atom. The van der Waals surface area contributed by atoms with Crippen molar-refractivity contribution in [3.8, 4) is 11.5 Å². The molecule has 8 rings (SSSR count). The van der Waals surface area contributed by atoms with Crippen molar-refractivity contribution >= 4 is 58.4 Å². The number of benzene rings is 8. The molecule has 8 aromatic carbocycles. The van der Waals surface area contributed by atoms with Crippen molar-refractivity contribution in [3.05, 3.63) is 250 Å². The van der Waals surface area contributed by atoms with Crippen LogP contribution in [0.15, 0.2) is 194 Å². The summed E-state index contributed by atoms with van der Waals surface area (Å²) in [5.41, 5.74) is 13.8. The number of ether oxygens (including phenoxy) is 2. The van der Waals surface area contributed by atoms with E-state index in [0.29, 0.717) is 0 Å². The minimum Gasteiger partial charge on any atom is -0.497 e. The van der Waals surface area contributed by atoms with Gasteiger partial charge in [0.05, 0.1) is 14.2 Å². The van der Waals surface area contributed by atoms with Gasteiger partial charge in [-0.15, -0.1) is 0 Å². The third-order valence-electron chi connectivity index (χ3n) is 10.3. The van der Waals surface area contributed by atoms with Crippen molar-refractivity contribution < 1.29 is 9.47 Å². The van der Waals surface area contributed by atoms with Gasteiger partial charge in [0.15, 0.2) is 0 Å². The van der Waals surface area contributed by atoms with Gasteiger partial charge in [0, 0.05) is 0 Å². The van der Waals surface area contributed by atoms with Crippen LogP contribution in [0.2, 0.25) is 0 Å². The Labute approximate surface area is 342 Å². The van der Waals surface area contributed by atoms with E-state index < -0.39 is 0 Å².